The molecule has 0 fully saturated rings. The van der Waals surface area contributed by atoms with Crippen molar-refractivity contribution >= 4 is 11.6 Å². The lowest BCUT2D eigenvalue weighted by Crippen LogP contribution is -2.30. The molecule has 0 atom stereocenters. The molecule has 0 radical (unpaired) electrons. The van der Waals surface area contributed by atoms with Crippen molar-refractivity contribution in [1.82, 2.24) is 4.90 Å². The number of hydrogen-bond acceptors (Lipinski definition) is 3. The summed E-state index contributed by atoms with van der Waals surface area (Å²) in [6.45, 7) is 5.18. The largest absolute Gasteiger partial charge is 0.468 e. The van der Waals surface area contributed by atoms with Crippen molar-refractivity contribution in [3.05, 3.63) is 54.0 Å². The Labute approximate surface area is 125 Å². The Balaban J connectivity index is 1.92. The number of furan rings is 1. The highest BCUT2D eigenvalue weighted by molar-refractivity contribution is 5.93. The van der Waals surface area contributed by atoms with E-state index in [-0.39, 0.29) is 5.91 Å². The zero-order chi connectivity index (χ0) is 15.2. The number of carbonyl (C=O) groups excluding carboxylic acids is 1. The van der Waals surface area contributed by atoms with E-state index in [0.29, 0.717) is 19.0 Å². The molecule has 0 bridgehead atoms. The summed E-state index contributed by atoms with van der Waals surface area (Å²) in [5.41, 5.74) is 2.04. The average Bonchev–Trinajstić information content (AvgIpc) is 2.91. The second kappa shape index (κ2) is 7.09. The summed E-state index contributed by atoms with van der Waals surface area (Å²) in [5.74, 6) is 1.22. The minimum Gasteiger partial charge on any atom is -0.468 e. The number of para-hydroxylation sites is 1. The zero-order valence-electron chi connectivity index (χ0n) is 12.8. The van der Waals surface area contributed by atoms with Crippen molar-refractivity contribution in [1.29, 1.82) is 0 Å². The van der Waals surface area contributed by atoms with Crippen molar-refractivity contribution < 1.29 is 9.21 Å². The molecule has 21 heavy (non-hydrogen) atoms. The predicted molar refractivity (Wildman–Crippen MR) is 84.2 cm³/mol. The first kappa shape index (κ1) is 15.3. The minimum atomic E-state index is -0.0165. The van der Waals surface area contributed by atoms with Crippen LogP contribution in [-0.2, 0) is 11.3 Å². The van der Waals surface area contributed by atoms with Gasteiger partial charge in [-0.05, 0) is 36.7 Å². The van der Waals surface area contributed by atoms with E-state index in [1.807, 2.05) is 48.3 Å². The van der Waals surface area contributed by atoms with Gasteiger partial charge in [0.2, 0.25) is 5.91 Å². The number of nitrogens with one attached hydrogen (secondary N) is 1. The van der Waals surface area contributed by atoms with Crippen LogP contribution in [-0.4, -0.2) is 24.4 Å². The molecule has 4 nitrogen and oxygen atoms in total. The third-order valence-corrected chi connectivity index (χ3v) is 3.28. The van der Waals surface area contributed by atoms with Crippen LogP contribution in [0.2, 0.25) is 0 Å². The van der Waals surface area contributed by atoms with E-state index in [1.165, 1.54) is 0 Å². The zero-order valence-corrected chi connectivity index (χ0v) is 12.8. The Kier molecular flexibility index (Phi) is 5.17. The van der Waals surface area contributed by atoms with Gasteiger partial charge in [-0.2, -0.15) is 0 Å². The summed E-state index contributed by atoms with van der Waals surface area (Å²) in [7, 11) is 1.90. The Bertz CT molecular complexity index is 576. The van der Waals surface area contributed by atoms with Gasteiger partial charge in [-0.3, -0.25) is 9.69 Å². The molecule has 0 unspecified atom stereocenters. The number of anilines is 1. The van der Waals surface area contributed by atoms with E-state index in [0.717, 1.165) is 17.0 Å². The Hall–Kier alpha value is -2.07. The first-order valence-electron chi connectivity index (χ1n) is 7.16. The summed E-state index contributed by atoms with van der Waals surface area (Å²) in [6.07, 6.45) is 1.64. The average molecular weight is 286 g/mol. The number of amides is 1. The van der Waals surface area contributed by atoms with Gasteiger partial charge in [-0.25, -0.2) is 0 Å². The van der Waals surface area contributed by atoms with Gasteiger partial charge in [0.25, 0.3) is 0 Å². The Morgan fingerprint density at radius 2 is 2.00 bits per heavy atom. The van der Waals surface area contributed by atoms with E-state index in [2.05, 4.69) is 19.2 Å². The van der Waals surface area contributed by atoms with Gasteiger partial charge >= 0.3 is 0 Å². The van der Waals surface area contributed by atoms with Crippen LogP contribution in [0.5, 0.6) is 0 Å². The molecule has 0 saturated heterocycles. The fourth-order valence-corrected chi connectivity index (χ4v) is 2.27. The number of rotatable bonds is 6. The van der Waals surface area contributed by atoms with Gasteiger partial charge in [0.15, 0.2) is 0 Å². The van der Waals surface area contributed by atoms with E-state index < -0.39 is 0 Å². The number of hydrogen-bond donors (Lipinski definition) is 1. The van der Waals surface area contributed by atoms with Gasteiger partial charge in [-0.1, -0.05) is 32.0 Å². The fourth-order valence-electron chi connectivity index (χ4n) is 2.27. The van der Waals surface area contributed by atoms with Crippen LogP contribution in [0, 0.1) is 0 Å². The van der Waals surface area contributed by atoms with Gasteiger partial charge in [-0.15, -0.1) is 0 Å². The van der Waals surface area contributed by atoms with Gasteiger partial charge in [0.05, 0.1) is 19.4 Å². The highest BCUT2D eigenvalue weighted by Crippen LogP contribution is 2.23. The predicted octanol–water partition coefficient (Wildman–Crippen LogP) is 3.47. The van der Waals surface area contributed by atoms with E-state index in [9.17, 15) is 4.79 Å². The quantitative estimate of drug-likeness (QED) is 0.884. The molecule has 112 valence electrons. The number of benzene rings is 1. The molecule has 0 saturated carbocycles. The van der Waals surface area contributed by atoms with Crippen LogP contribution < -0.4 is 5.32 Å². The number of likely N-dealkylation sites (N-methyl/N-ethyl adjacent to an activating group) is 1. The van der Waals surface area contributed by atoms with E-state index in [4.69, 9.17) is 4.42 Å². The van der Waals surface area contributed by atoms with Crippen LogP contribution in [0.1, 0.15) is 31.1 Å². The second-order valence-corrected chi connectivity index (χ2v) is 5.54. The molecule has 1 heterocycles. The highest BCUT2D eigenvalue weighted by Gasteiger charge is 2.11. The van der Waals surface area contributed by atoms with Crippen LogP contribution in [0.25, 0.3) is 0 Å². The molecule has 1 amide bonds. The van der Waals surface area contributed by atoms with Crippen LogP contribution in [0.4, 0.5) is 5.69 Å². The topological polar surface area (TPSA) is 45.5 Å². The summed E-state index contributed by atoms with van der Waals surface area (Å²) in [6, 6.07) is 11.7. The summed E-state index contributed by atoms with van der Waals surface area (Å²) in [5, 5.41) is 2.99. The van der Waals surface area contributed by atoms with Crippen molar-refractivity contribution in [3.8, 4) is 0 Å². The molecule has 1 aromatic carbocycles. The van der Waals surface area contributed by atoms with Gasteiger partial charge < -0.3 is 9.73 Å². The van der Waals surface area contributed by atoms with Gasteiger partial charge in [0, 0.05) is 5.69 Å². The molecule has 2 rings (SSSR count). The third-order valence-electron chi connectivity index (χ3n) is 3.28. The molecule has 0 aliphatic heterocycles. The third kappa shape index (κ3) is 4.46. The molecule has 1 aromatic heterocycles. The maximum Gasteiger partial charge on any atom is 0.238 e. The van der Waals surface area contributed by atoms with Crippen molar-refractivity contribution in [2.75, 3.05) is 18.9 Å². The smallest absolute Gasteiger partial charge is 0.238 e. The Morgan fingerprint density at radius 1 is 1.24 bits per heavy atom. The Morgan fingerprint density at radius 3 is 2.67 bits per heavy atom. The lowest BCUT2D eigenvalue weighted by atomic mass is 10.0. The second-order valence-electron chi connectivity index (χ2n) is 5.54. The maximum absolute atomic E-state index is 12.1. The maximum atomic E-state index is 12.1. The molecule has 0 aliphatic rings. The standard InChI is InChI=1S/C17H22N2O2/c1-13(2)15-8-4-5-9-16(15)18-17(20)12-19(3)11-14-7-6-10-21-14/h4-10,13H,11-12H2,1-3H3,(H,18,20). The SMILES string of the molecule is CC(C)c1ccccc1NC(=O)CN(C)Cc1ccco1. The van der Waals surface area contributed by atoms with Crippen LogP contribution in [0.3, 0.4) is 0 Å². The summed E-state index contributed by atoms with van der Waals surface area (Å²) >= 11 is 0. The fraction of sp³-hybridized carbons (Fsp3) is 0.353. The first-order valence-corrected chi connectivity index (χ1v) is 7.16. The minimum absolute atomic E-state index is 0.0165. The van der Waals surface area contributed by atoms with Crippen LogP contribution >= 0.6 is 0 Å². The number of nitrogens with zero attached hydrogens (tertiary/aromatic N) is 1. The lowest BCUT2D eigenvalue weighted by molar-refractivity contribution is -0.117. The highest BCUT2D eigenvalue weighted by atomic mass is 16.3. The molecular weight excluding hydrogens is 264 g/mol. The normalized spacial score (nSPS) is 11.1. The van der Waals surface area contributed by atoms with Crippen molar-refractivity contribution in [3.63, 3.8) is 0 Å². The summed E-state index contributed by atoms with van der Waals surface area (Å²) in [4.78, 5) is 14.1. The number of carbonyl (C=O) groups is 1. The molecule has 1 N–H and O–H groups in total. The monoisotopic (exact) mass is 286 g/mol. The van der Waals surface area contributed by atoms with E-state index >= 15 is 0 Å². The molecule has 0 aliphatic carbocycles. The van der Waals surface area contributed by atoms with E-state index in [1.54, 1.807) is 6.26 Å². The first-order chi connectivity index (χ1) is 10.1. The molecule has 4 heteroatoms. The van der Waals surface area contributed by atoms with Crippen LogP contribution in [0.15, 0.2) is 47.1 Å². The van der Waals surface area contributed by atoms with Gasteiger partial charge in [0.1, 0.15) is 5.76 Å². The lowest BCUT2D eigenvalue weighted by Gasteiger charge is -2.17. The molecule has 0 spiro atoms. The van der Waals surface area contributed by atoms with Crippen molar-refractivity contribution in [2.24, 2.45) is 0 Å². The molecular formula is C17H22N2O2. The van der Waals surface area contributed by atoms with Crippen molar-refractivity contribution in [2.45, 2.75) is 26.3 Å². The molecule has 2 aromatic rings. The summed E-state index contributed by atoms with van der Waals surface area (Å²) < 4.78 is 5.28.